The molecule has 2 rings (SSSR count). The van der Waals surface area contributed by atoms with Gasteiger partial charge in [-0.25, -0.2) is 0 Å². The highest BCUT2D eigenvalue weighted by Gasteiger charge is 2.17. The monoisotopic (exact) mass is 263 g/mol. The van der Waals surface area contributed by atoms with Crippen molar-refractivity contribution < 1.29 is 9.47 Å². The molecule has 0 radical (unpaired) electrons. The van der Waals surface area contributed by atoms with E-state index >= 15 is 0 Å². The van der Waals surface area contributed by atoms with Crippen LogP contribution in [0.25, 0.3) is 0 Å². The van der Waals surface area contributed by atoms with Gasteiger partial charge in [0.1, 0.15) is 11.5 Å². The largest absolute Gasteiger partial charge is 0.497 e. The lowest BCUT2D eigenvalue weighted by Gasteiger charge is -2.25. The summed E-state index contributed by atoms with van der Waals surface area (Å²) in [6, 6.07) is 6.18. The molecule has 0 spiro atoms. The zero-order valence-corrected chi connectivity index (χ0v) is 12.0. The summed E-state index contributed by atoms with van der Waals surface area (Å²) < 4.78 is 11.5. The van der Waals surface area contributed by atoms with Crippen molar-refractivity contribution in [2.75, 3.05) is 7.11 Å². The molecular weight excluding hydrogens is 238 g/mol. The number of hydrogen-bond acceptors (Lipinski definition) is 3. The lowest BCUT2D eigenvalue weighted by Crippen LogP contribution is -2.22. The van der Waals surface area contributed by atoms with Gasteiger partial charge in [0.2, 0.25) is 0 Å². The SMILES string of the molecule is COc1ccc(CC(C)N)c(OC2CCCCC2)c1. The molecule has 0 amide bonds. The molecule has 0 bridgehead atoms. The fourth-order valence-corrected chi connectivity index (χ4v) is 2.65. The predicted octanol–water partition coefficient (Wildman–Crippen LogP) is 3.30. The van der Waals surface area contributed by atoms with Crippen LogP contribution >= 0.6 is 0 Å². The Bertz CT molecular complexity index is 398. The summed E-state index contributed by atoms with van der Waals surface area (Å²) in [5, 5.41) is 0. The molecule has 0 aliphatic heterocycles. The molecule has 1 aliphatic rings. The van der Waals surface area contributed by atoms with Crippen molar-refractivity contribution in [3.63, 3.8) is 0 Å². The van der Waals surface area contributed by atoms with Crippen LogP contribution in [0, 0.1) is 0 Å². The molecule has 3 nitrogen and oxygen atoms in total. The maximum Gasteiger partial charge on any atom is 0.126 e. The number of methoxy groups -OCH3 is 1. The van der Waals surface area contributed by atoms with E-state index in [1.54, 1.807) is 7.11 Å². The molecule has 1 atom stereocenters. The van der Waals surface area contributed by atoms with Gasteiger partial charge in [-0.15, -0.1) is 0 Å². The minimum atomic E-state index is 0.141. The van der Waals surface area contributed by atoms with E-state index in [1.807, 2.05) is 19.1 Å². The van der Waals surface area contributed by atoms with Crippen LogP contribution in [0.5, 0.6) is 11.5 Å². The first kappa shape index (κ1) is 14.2. The van der Waals surface area contributed by atoms with Crippen LogP contribution in [0.2, 0.25) is 0 Å². The summed E-state index contributed by atoms with van der Waals surface area (Å²) in [7, 11) is 1.69. The highest BCUT2D eigenvalue weighted by atomic mass is 16.5. The van der Waals surface area contributed by atoms with Gasteiger partial charge in [0, 0.05) is 12.1 Å². The fourth-order valence-electron chi connectivity index (χ4n) is 2.65. The van der Waals surface area contributed by atoms with Crippen LogP contribution in [0.4, 0.5) is 0 Å². The van der Waals surface area contributed by atoms with Crippen LogP contribution in [0.1, 0.15) is 44.6 Å². The quantitative estimate of drug-likeness (QED) is 0.886. The molecule has 0 saturated heterocycles. The molecule has 3 heteroatoms. The number of hydrogen-bond donors (Lipinski definition) is 1. The summed E-state index contributed by atoms with van der Waals surface area (Å²) in [6.07, 6.45) is 7.40. The Balaban J connectivity index is 2.13. The highest BCUT2D eigenvalue weighted by Crippen LogP contribution is 2.30. The van der Waals surface area contributed by atoms with Crippen molar-refractivity contribution in [2.45, 2.75) is 57.6 Å². The molecule has 0 aromatic heterocycles. The van der Waals surface area contributed by atoms with Gasteiger partial charge >= 0.3 is 0 Å². The van der Waals surface area contributed by atoms with Crippen molar-refractivity contribution in [2.24, 2.45) is 5.73 Å². The topological polar surface area (TPSA) is 44.5 Å². The maximum atomic E-state index is 6.19. The van der Waals surface area contributed by atoms with E-state index < -0.39 is 0 Å². The zero-order valence-electron chi connectivity index (χ0n) is 12.0. The first-order valence-corrected chi connectivity index (χ1v) is 7.28. The average molecular weight is 263 g/mol. The molecule has 19 heavy (non-hydrogen) atoms. The van der Waals surface area contributed by atoms with Gasteiger partial charge in [0.15, 0.2) is 0 Å². The molecular formula is C16H25NO2. The maximum absolute atomic E-state index is 6.19. The predicted molar refractivity (Wildman–Crippen MR) is 77.8 cm³/mol. The lowest BCUT2D eigenvalue weighted by molar-refractivity contribution is 0.153. The van der Waals surface area contributed by atoms with E-state index in [1.165, 1.54) is 24.8 Å². The van der Waals surface area contributed by atoms with Gasteiger partial charge in [-0.1, -0.05) is 12.5 Å². The zero-order chi connectivity index (χ0) is 13.7. The standard InChI is InChI=1S/C16H25NO2/c1-12(17)10-13-8-9-15(18-2)11-16(13)19-14-6-4-3-5-7-14/h8-9,11-12,14H,3-7,10,17H2,1-2H3. The molecule has 1 aromatic rings. The van der Waals surface area contributed by atoms with E-state index in [0.29, 0.717) is 6.10 Å². The third-order valence-electron chi connectivity index (χ3n) is 3.66. The van der Waals surface area contributed by atoms with E-state index in [-0.39, 0.29) is 6.04 Å². The van der Waals surface area contributed by atoms with Gasteiger partial charge in [0.05, 0.1) is 13.2 Å². The van der Waals surface area contributed by atoms with Gasteiger partial charge in [0.25, 0.3) is 0 Å². The molecule has 1 aliphatic carbocycles. The normalized spacial score (nSPS) is 18.1. The van der Waals surface area contributed by atoms with Crippen molar-refractivity contribution in [3.8, 4) is 11.5 Å². The Morgan fingerprint density at radius 3 is 2.63 bits per heavy atom. The Labute approximate surface area is 116 Å². The molecule has 1 unspecified atom stereocenters. The van der Waals surface area contributed by atoms with Gasteiger partial charge in [-0.05, 0) is 50.7 Å². The number of ether oxygens (including phenoxy) is 2. The third-order valence-corrected chi connectivity index (χ3v) is 3.66. The molecule has 2 N–H and O–H groups in total. The van der Waals surface area contributed by atoms with Crippen molar-refractivity contribution in [1.29, 1.82) is 0 Å². The average Bonchev–Trinajstić information content (AvgIpc) is 2.41. The first-order chi connectivity index (χ1) is 9.19. The number of benzene rings is 1. The Morgan fingerprint density at radius 2 is 2.00 bits per heavy atom. The summed E-state index contributed by atoms with van der Waals surface area (Å²) in [5.41, 5.74) is 7.09. The molecule has 106 valence electrons. The Kier molecular flexibility index (Phi) is 5.08. The van der Waals surface area contributed by atoms with E-state index in [2.05, 4.69) is 6.07 Å². The number of nitrogens with two attached hydrogens (primary N) is 1. The Hall–Kier alpha value is -1.22. The number of rotatable bonds is 5. The molecule has 1 saturated carbocycles. The highest BCUT2D eigenvalue weighted by molar-refractivity contribution is 5.41. The van der Waals surface area contributed by atoms with Crippen LogP contribution < -0.4 is 15.2 Å². The molecule has 0 heterocycles. The van der Waals surface area contributed by atoms with Gasteiger partial charge < -0.3 is 15.2 Å². The van der Waals surface area contributed by atoms with Crippen LogP contribution in [0.15, 0.2) is 18.2 Å². The Morgan fingerprint density at radius 1 is 1.26 bits per heavy atom. The lowest BCUT2D eigenvalue weighted by atomic mass is 9.97. The summed E-state index contributed by atoms with van der Waals surface area (Å²) in [6.45, 7) is 2.02. The van der Waals surface area contributed by atoms with E-state index in [9.17, 15) is 0 Å². The van der Waals surface area contributed by atoms with E-state index in [4.69, 9.17) is 15.2 Å². The van der Waals surface area contributed by atoms with Crippen LogP contribution in [-0.2, 0) is 6.42 Å². The first-order valence-electron chi connectivity index (χ1n) is 7.28. The second-order valence-electron chi connectivity index (χ2n) is 5.53. The van der Waals surface area contributed by atoms with Crippen molar-refractivity contribution in [1.82, 2.24) is 0 Å². The molecule has 1 aromatic carbocycles. The fraction of sp³-hybridized carbons (Fsp3) is 0.625. The summed E-state index contributed by atoms with van der Waals surface area (Å²) in [4.78, 5) is 0. The minimum Gasteiger partial charge on any atom is -0.497 e. The van der Waals surface area contributed by atoms with Gasteiger partial charge in [-0.3, -0.25) is 0 Å². The van der Waals surface area contributed by atoms with Crippen LogP contribution in [0.3, 0.4) is 0 Å². The molecule has 1 fully saturated rings. The minimum absolute atomic E-state index is 0.141. The van der Waals surface area contributed by atoms with Gasteiger partial charge in [-0.2, -0.15) is 0 Å². The third kappa shape index (κ3) is 4.13. The smallest absolute Gasteiger partial charge is 0.126 e. The second-order valence-corrected chi connectivity index (χ2v) is 5.53. The summed E-state index contributed by atoms with van der Waals surface area (Å²) in [5.74, 6) is 1.79. The summed E-state index contributed by atoms with van der Waals surface area (Å²) >= 11 is 0. The van der Waals surface area contributed by atoms with Crippen molar-refractivity contribution in [3.05, 3.63) is 23.8 Å². The second kappa shape index (κ2) is 6.80. The van der Waals surface area contributed by atoms with Crippen molar-refractivity contribution >= 4 is 0 Å². The van der Waals surface area contributed by atoms with E-state index in [0.717, 1.165) is 30.8 Å². The van der Waals surface area contributed by atoms with Crippen LogP contribution in [-0.4, -0.2) is 19.3 Å².